The Morgan fingerprint density at radius 1 is 1.24 bits per heavy atom. The molecular formula is C12H23NO3S. The molecular weight excluding hydrogens is 238 g/mol. The fraction of sp³-hybridized carbons (Fsp3) is 1.00. The summed E-state index contributed by atoms with van der Waals surface area (Å²) in [6, 6.07) is 0.386. The van der Waals surface area contributed by atoms with E-state index >= 15 is 0 Å². The van der Waals surface area contributed by atoms with Crippen LogP contribution >= 0.6 is 0 Å². The fourth-order valence-electron chi connectivity index (χ4n) is 2.79. The van der Waals surface area contributed by atoms with Gasteiger partial charge in [0.15, 0.2) is 0 Å². The Balaban J connectivity index is 1.72. The zero-order chi connectivity index (χ0) is 12.3. The first-order chi connectivity index (χ1) is 8.11. The summed E-state index contributed by atoms with van der Waals surface area (Å²) in [5.41, 5.74) is 0. The quantitative estimate of drug-likeness (QED) is 0.819. The van der Waals surface area contributed by atoms with Crippen LogP contribution in [0.15, 0.2) is 0 Å². The summed E-state index contributed by atoms with van der Waals surface area (Å²) in [6.07, 6.45) is 4.15. The molecule has 100 valence electrons. The van der Waals surface area contributed by atoms with Crippen molar-refractivity contribution in [1.29, 1.82) is 0 Å². The van der Waals surface area contributed by atoms with Crippen molar-refractivity contribution in [3.8, 4) is 0 Å². The van der Waals surface area contributed by atoms with Crippen molar-refractivity contribution < 1.29 is 13.2 Å². The minimum absolute atomic E-state index is 0.350. The second kappa shape index (κ2) is 5.67. The van der Waals surface area contributed by atoms with E-state index in [2.05, 4.69) is 12.2 Å². The number of nitrogens with one attached hydrogen (secondary N) is 1. The van der Waals surface area contributed by atoms with Crippen molar-refractivity contribution in [2.24, 2.45) is 5.92 Å². The summed E-state index contributed by atoms with van der Waals surface area (Å²) in [5.74, 6) is 1.31. The van der Waals surface area contributed by atoms with Crippen LogP contribution < -0.4 is 5.32 Å². The van der Waals surface area contributed by atoms with E-state index in [1.54, 1.807) is 0 Å². The lowest BCUT2D eigenvalue weighted by molar-refractivity contribution is 0.0865. The molecule has 0 aromatic rings. The minimum Gasteiger partial charge on any atom is -0.378 e. The smallest absolute Gasteiger partial charge is 0.150 e. The third-order valence-electron chi connectivity index (χ3n) is 3.97. The van der Waals surface area contributed by atoms with Gasteiger partial charge in [0.1, 0.15) is 9.84 Å². The second-order valence-electron chi connectivity index (χ2n) is 5.20. The van der Waals surface area contributed by atoms with Crippen LogP contribution in [0.3, 0.4) is 0 Å². The molecule has 17 heavy (non-hydrogen) atoms. The van der Waals surface area contributed by atoms with Crippen LogP contribution in [-0.4, -0.2) is 45.2 Å². The van der Waals surface area contributed by atoms with Crippen molar-refractivity contribution in [1.82, 2.24) is 5.32 Å². The number of ether oxygens (including phenoxy) is 1. The predicted molar refractivity (Wildman–Crippen MR) is 67.8 cm³/mol. The van der Waals surface area contributed by atoms with Crippen molar-refractivity contribution in [3.63, 3.8) is 0 Å². The first-order valence-corrected chi connectivity index (χ1v) is 8.48. The second-order valence-corrected chi connectivity index (χ2v) is 7.50. The molecule has 0 aromatic carbocycles. The largest absolute Gasteiger partial charge is 0.378 e. The molecule has 5 heteroatoms. The Kier molecular flexibility index (Phi) is 4.44. The van der Waals surface area contributed by atoms with E-state index in [1.165, 1.54) is 0 Å². The first kappa shape index (κ1) is 13.3. The lowest BCUT2D eigenvalue weighted by atomic mass is 9.99. The average Bonchev–Trinajstić information content (AvgIpc) is 2.75. The molecule has 2 unspecified atom stereocenters. The Morgan fingerprint density at radius 2 is 1.94 bits per heavy atom. The topological polar surface area (TPSA) is 55.4 Å². The van der Waals surface area contributed by atoms with Crippen molar-refractivity contribution >= 4 is 9.84 Å². The maximum absolute atomic E-state index is 11.3. The van der Waals surface area contributed by atoms with Gasteiger partial charge in [-0.05, 0) is 31.6 Å². The van der Waals surface area contributed by atoms with Gasteiger partial charge in [-0.1, -0.05) is 6.92 Å². The minimum atomic E-state index is -2.73. The molecule has 0 spiro atoms. The van der Waals surface area contributed by atoms with Gasteiger partial charge in [0, 0.05) is 19.2 Å². The summed E-state index contributed by atoms with van der Waals surface area (Å²) in [5, 5.41) is 3.52. The first-order valence-electron chi connectivity index (χ1n) is 6.66. The molecule has 0 aromatic heterocycles. The van der Waals surface area contributed by atoms with E-state index < -0.39 is 9.84 Å². The van der Waals surface area contributed by atoms with Crippen molar-refractivity contribution in [2.75, 3.05) is 24.7 Å². The molecule has 1 N–H and O–H groups in total. The summed E-state index contributed by atoms with van der Waals surface area (Å²) in [6.45, 7) is 4.02. The third kappa shape index (κ3) is 3.66. The fourth-order valence-corrected chi connectivity index (χ4v) is 4.28. The molecule has 0 bridgehead atoms. The van der Waals surface area contributed by atoms with Crippen LogP contribution in [0, 0.1) is 5.92 Å². The van der Waals surface area contributed by atoms with E-state index in [0.29, 0.717) is 29.6 Å². The molecule has 2 fully saturated rings. The average molecular weight is 261 g/mol. The highest BCUT2D eigenvalue weighted by atomic mass is 32.2. The zero-order valence-corrected chi connectivity index (χ0v) is 11.3. The Morgan fingerprint density at radius 3 is 2.59 bits per heavy atom. The summed E-state index contributed by atoms with van der Waals surface area (Å²) in [4.78, 5) is 0. The van der Waals surface area contributed by atoms with E-state index in [-0.39, 0.29) is 0 Å². The van der Waals surface area contributed by atoms with E-state index in [4.69, 9.17) is 4.74 Å². The van der Waals surface area contributed by atoms with Crippen LogP contribution in [0.5, 0.6) is 0 Å². The van der Waals surface area contributed by atoms with Crippen molar-refractivity contribution in [3.05, 3.63) is 0 Å². The molecule has 2 rings (SSSR count). The van der Waals surface area contributed by atoms with E-state index in [0.717, 1.165) is 38.8 Å². The number of rotatable bonds is 4. The number of sulfone groups is 1. The molecule has 2 heterocycles. The highest BCUT2D eigenvalue weighted by Crippen LogP contribution is 2.23. The van der Waals surface area contributed by atoms with Gasteiger partial charge in [-0.25, -0.2) is 8.42 Å². The van der Waals surface area contributed by atoms with Crippen molar-refractivity contribution in [2.45, 2.75) is 44.8 Å². The maximum Gasteiger partial charge on any atom is 0.150 e. The van der Waals surface area contributed by atoms with Crippen LogP contribution in [0.1, 0.15) is 32.6 Å². The zero-order valence-electron chi connectivity index (χ0n) is 10.5. The van der Waals surface area contributed by atoms with Gasteiger partial charge in [-0.2, -0.15) is 0 Å². The lowest BCUT2D eigenvalue weighted by Gasteiger charge is -2.26. The predicted octanol–water partition coefficient (Wildman–Crippen LogP) is 0.968. The Bertz CT molecular complexity index is 328. The molecule has 0 aliphatic carbocycles. The van der Waals surface area contributed by atoms with Crippen LogP contribution in [0.4, 0.5) is 0 Å². The summed E-state index contributed by atoms with van der Waals surface area (Å²) >= 11 is 0. The van der Waals surface area contributed by atoms with E-state index in [9.17, 15) is 8.42 Å². The molecule has 2 atom stereocenters. The van der Waals surface area contributed by atoms with Crippen LogP contribution in [0.25, 0.3) is 0 Å². The van der Waals surface area contributed by atoms with Gasteiger partial charge in [-0.15, -0.1) is 0 Å². The van der Waals surface area contributed by atoms with Crippen LogP contribution in [0.2, 0.25) is 0 Å². The monoisotopic (exact) mass is 261 g/mol. The summed E-state index contributed by atoms with van der Waals surface area (Å²) < 4.78 is 28.3. The molecule has 2 aliphatic rings. The molecule has 0 radical (unpaired) electrons. The number of hydrogen-bond donors (Lipinski definition) is 1. The van der Waals surface area contributed by atoms with Crippen LogP contribution in [-0.2, 0) is 14.6 Å². The van der Waals surface area contributed by atoms with Gasteiger partial charge in [0.05, 0.1) is 17.6 Å². The standard InChI is InChI=1S/C12H23NO3S/c1-2-12-10(3-6-16-12)9-13-11-4-7-17(14,15)8-5-11/h10-13H,2-9H2,1H3. The SMILES string of the molecule is CCC1OCCC1CNC1CCS(=O)(=O)CC1. The normalized spacial score (nSPS) is 33.9. The molecule has 2 aliphatic heterocycles. The molecule has 0 saturated carbocycles. The maximum atomic E-state index is 11.3. The van der Waals surface area contributed by atoms with Gasteiger partial charge < -0.3 is 10.1 Å². The number of hydrogen-bond acceptors (Lipinski definition) is 4. The van der Waals surface area contributed by atoms with E-state index in [1.807, 2.05) is 0 Å². The van der Waals surface area contributed by atoms with Gasteiger partial charge in [0.2, 0.25) is 0 Å². The van der Waals surface area contributed by atoms with Gasteiger partial charge >= 0.3 is 0 Å². The highest BCUT2D eigenvalue weighted by Gasteiger charge is 2.28. The van der Waals surface area contributed by atoms with Gasteiger partial charge in [-0.3, -0.25) is 0 Å². The van der Waals surface area contributed by atoms with Gasteiger partial charge in [0.25, 0.3) is 0 Å². The highest BCUT2D eigenvalue weighted by molar-refractivity contribution is 7.91. The molecule has 2 saturated heterocycles. The third-order valence-corrected chi connectivity index (χ3v) is 5.69. The lowest BCUT2D eigenvalue weighted by Crippen LogP contribution is -2.41. The Labute approximate surface area is 104 Å². The molecule has 4 nitrogen and oxygen atoms in total. The molecule has 0 amide bonds. The summed E-state index contributed by atoms with van der Waals surface area (Å²) in [7, 11) is -2.73. The Hall–Kier alpha value is -0.130.